The van der Waals surface area contributed by atoms with E-state index in [0.29, 0.717) is 5.69 Å². The Morgan fingerprint density at radius 3 is 2.62 bits per heavy atom. The quantitative estimate of drug-likeness (QED) is 0.619. The van der Waals surface area contributed by atoms with E-state index in [9.17, 15) is 26.4 Å². The van der Waals surface area contributed by atoms with Gasteiger partial charge in [0.1, 0.15) is 0 Å². The van der Waals surface area contributed by atoms with Crippen LogP contribution in [0.25, 0.3) is 0 Å². The SMILES string of the molecule is Cc1ccc(NC(=O)CSC2=N[C@@H]3CS(=O)(=O)C[C@@H]3N2c2cc(C(F)(F)F)ccc2Cl)c(C)c1. The molecule has 34 heavy (non-hydrogen) atoms. The number of anilines is 2. The Hall–Kier alpha value is -2.24. The standard InChI is InChI=1S/C22H21ClF3N3O3S2/c1-12-3-6-16(13(2)7-12)27-20(30)9-33-21-28-17-10-34(31,32)11-19(17)29(21)18-8-14(22(24,25)26)4-5-15(18)23/h3-8,17,19H,9-11H2,1-2H3,(H,27,30)/t17-,19+/m1/s1. The number of amides is 1. The Bertz CT molecular complexity index is 1280. The van der Waals surface area contributed by atoms with Crippen molar-refractivity contribution in [3.8, 4) is 0 Å². The minimum atomic E-state index is -4.60. The summed E-state index contributed by atoms with van der Waals surface area (Å²) in [6, 6.07) is 7.17. The minimum absolute atomic E-state index is 0.0159. The summed E-state index contributed by atoms with van der Waals surface area (Å²) in [6.07, 6.45) is -4.60. The predicted octanol–water partition coefficient (Wildman–Crippen LogP) is 4.69. The third-order valence-corrected chi connectivity index (χ3v) is 8.61. The number of nitrogens with one attached hydrogen (secondary N) is 1. The maximum atomic E-state index is 13.3. The predicted molar refractivity (Wildman–Crippen MR) is 130 cm³/mol. The van der Waals surface area contributed by atoms with Crippen molar-refractivity contribution in [3.63, 3.8) is 0 Å². The van der Waals surface area contributed by atoms with Crippen LogP contribution >= 0.6 is 23.4 Å². The van der Waals surface area contributed by atoms with Gasteiger partial charge < -0.3 is 10.2 Å². The highest BCUT2D eigenvalue weighted by atomic mass is 35.5. The lowest BCUT2D eigenvalue weighted by Crippen LogP contribution is -2.39. The second kappa shape index (κ2) is 9.09. The number of hydrogen-bond acceptors (Lipinski definition) is 6. The molecule has 1 N–H and O–H groups in total. The van der Waals surface area contributed by atoms with Crippen LogP contribution < -0.4 is 10.2 Å². The maximum Gasteiger partial charge on any atom is 0.416 e. The molecule has 0 bridgehead atoms. The molecule has 0 unspecified atom stereocenters. The molecule has 0 radical (unpaired) electrons. The molecule has 0 saturated carbocycles. The Balaban J connectivity index is 1.59. The zero-order chi connectivity index (χ0) is 24.8. The van der Waals surface area contributed by atoms with Gasteiger partial charge in [0.2, 0.25) is 5.91 Å². The summed E-state index contributed by atoms with van der Waals surface area (Å²) in [7, 11) is -3.40. The molecular weight excluding hydrogens is 511 g/mol. The van der Waals surface area contributed by atoms with Gasteiger partial charge in [0, 0.05) is 5.69 Å². The highest BCUT2D eigenvalue weighted by molar-refractivity contribution is 8.14. The summed E-state index contributed by atoms with van der Waals surface area (Å²) in [5.41, 5.74) is 1.72. The third kappa shape index (κ3) is 5.21. The smallest absolute Gasteiger partial charge is 0.325 e. The van der Waals surface area contributed by atoms with Crippen molar-refractivity contribution in [1.29, 1.82) is 0 Å². The largest absolute Gasteiger partial charge is 0.416 e. The summed E-state index contributed by atoms with van der Waals surface area (Å²) in [6.45, 7) is 3.81. The number of amidine groups is 1. The van der Waals surface area contributed by atoms with Gasteiger partial charge in [0.25, 0.3) is 0 Å². The summed E-state index contributed by atoms with van der Waals surface area (Å²) < 4.78 is 64.4. The number of sulfone groups is 1. The van der Waals surface area contributed by atoms with Gasteiger partial charge in [-0.3, -0.25) is 9.79 Å². The summed E-state index contributed by atoms with van der Waals surface area (Å²) in [5, 5.41) is 3.11. The lowest BCUT2D eigenvalue weighted by atomic mass is 10.1. The van der Waals surface area contributed by atoms with E-state index in [-0.39, 0.29) is 39.0 Å². The molecule has 1 fully saturated rings. The average molecular weight is 532 g/mol. The van der Waals surface area contributed by atoms with Crippen molar-refractivity contribution in [1.82, 2.24) is 0 Å². The van der Waals surface area contributed by atoms with Crippen LogP contribution in [0.4, 0.5) is 24.5 Å². The number of benzene rings is 2. The molecule has 2 aliphatic heterocycles. The Labute approximate surface area is 204 Å². The molecule has 12 heteroatoms. The molecule has 2 aromatic rings. The number of aryl methyl sites for hydroxylation is 2. The van der Waals surface area contributed by atoms with Crippen LogP contribution in [0.2, 0.25) is 5.02 Å². The number of fused-ring (bicyclic) bond motifs is 1. The number of halogens is 4. The number of carbonyl (C=O) groups is 1. The monoisotopic (exact) mass is 531 g/mol. The van der Waals surface area contributed by atoms with Gasteiger partial charge >= 0.3 is 6.18 Å². The molecule has 0 aromatic heterocycles. The highest BCUT2D eigenvalue weighted by Crippen LogP contribution is 2.41. The number of aliphatic imine (C=N–C) groups is 1. The van der Waals surface area contributed by atoms with Gasteiger partial charge in [-0.1, -0.05) is 41.1 Å². The molecule has 182 valence electrons. The molecule has 4 rings (SSSR count). The average Bonchev–Trinajstić information content (AvgIpc) is 3.19. The van der Waals surface area contributed by atoms with Crippen LogP contribution in [0.5, 0.6) is 0 Å². The fraction of sp³-hybridized carbons (Fsp3) is 0.364. The van der Waals surface area contributed by atoms with Crippen molar-refractivity contribution >= 4 is 55.6 Å². The highest BCUT2D eigenvalue weighted by Gasteiger charge is 2.48. The van der Waals surface area contributed by atoms with Crippen LogP contribution in [0.15, 0.2) is 41.4 Å². The van der Waals surface area contributed by atoms with E-state index in [0.717, 1.165) is 41.1 Å². The van der Waals surface area contributed by atoms with Gasteiger partial charge in [-0.05, 0) is 43.7 Å². The van der Waals surface area contributed by atoms with E-state index in [4.69, 9.17) is 11.6 Å². The normalized spacial score (nSPS) is 21.4. The molecule has 2 aliphatic rings. The van der Waals surface area contributed by atoms with Crippen LogP contribution in [-0.2, 0) is 20.8 Å². The van der Waals surface area contributed by atoms with Crippen LogP contribution in [0.3, 0.4) is 0 Å². The molecule has 0 aliphatic carbocycles. The number of thioether (sulfide) groups is 1. The van der Waals surface area contributed by atoms with Crippen LogP contribution in [0, 0.1) is 13.8 Å². The van der Waals surface area contributed by atoms with Crippen molar-refractivity contribution in [3.05, 3.63) is 58.1 Å². The van der Waals surface area contributed by atoms with Gasteiger partial charge in [-0.15, -0.1) is 0 Å². The lowest BCUT2D eigenvalue weighted by molar-refractivity contribution is -0.137. The van der Waals surface area contributed by atoms with Crippen molar-refractivity contribution in [2.75, 3.05) is 27.5 Å². The number of alkyl halides is 3. The number of carbonyl (C=O) groups excluding carboxylic acids is 1. The topological polar surface area (TPSA) is 78.8 Å². The first kappa shape index (κ1) is 24.9. The molecule has 2 atom stereocenters. The third-order valence-electron chi connectivity index (χ3n) is 5.63. The van der Waals surface area contributed by atoms with E-state index < -0.39 is 33.7 Å². The Morgan fingerprint density at radius 2 is 1.94 bits per heavy atom. The number of nitrogens with zero attached hydrogens (tertiary/aromatic N) is 2. The summed E-state index contributed by atoms with van der Waals surface area (Å²) in [4.78, 5) is 18.5. The van der Waals surface area contributed by atoms with E-state index >= 15 is 0 Å². The van der Waals surface area contributed by atoms with Crippen molar-refractivity contribution < 1.29 is 26.4 Å². The van der Waals surface area contributed by atoms with E-state index in [1.165, 1.54) is 4.90 Å². The lowest BCUT2D eigenvalue weighted by Gasteiger charge is -2.28. The van der Waals surface area contributed by atoms with Crippen LogP contribution in [0.1, 0.15) is 16.7 Å². The van der Waals surface area contributed by atoms with E-state index in [2.05, 4.69) is 10.3 Å². The zero-order valence-corrected chi connectivity index (χ0v) is 20.6. The Kier molecular flexibility index (Phi) is 6.65. The molecule has 2 heterocycles. The number of hydrogen-bond donors (Lipinski definition) is 1. The second-order valence-corrected chi connectivity index (χ2v) is 11.8. The minimum Gasteiger partial charge on any atom is -0.325 e. The first-order valence-electron chi connectivity index (χ1n) is 10.3. The second-order valence-electron chi connectivity index (χ2n) is 8.31. The van der Waals surface area contributed by atoms with Gasteiger partial charge in [-0.2, -0.15) is 13.2 Å². The van der Waals surface area contributed by atoms with E-state index in [1.807, 2.05) is 26.0 Å². The fourth-order valence-electron chi connectivity index (χ4n) is 4.06. The molecule has 2 aromatic carbocycles. The summed E-state index contributed by atoms with van der Waals surface area (Å²) >= 11 is 7.28. The molecular formula is C22H21ClF3N3O3S2. The first-order chi connectivity index (χ1) is 15.8. The molecule has 1 amide bonds. The maximum absolute atomic E-state index is 13.3. The Morgan fingerprint density at radius 1 is 1.21 bits per heavy atom. The number of rotatable bonds is 4. The zero-order valence-electron chi connectivity index (χ0n) is 18.2. The van der Waals surface area contributed by atoms with Crippen molar-refractivity contribution in [2.45, 2.75) is 32.1 Å². The first-order valence-corrected chi connectivity index (χ1v) is 13.5. The van der Waals surface area contributed by atoms with Gasteiger partial charge in [-0.25, -0.2) is 8.42 Å². The van der Waals surface area contributed by atoms with Gasteiger partial charge in [0.05, 0.1) is 45.6 Å². The van der Waals surface area contributed by atoms with Crippen LogP contribution in [-0.4, -0.2) is 48.8 Å². The molecule has 0 spiro atoms. The van der Waals surface area contributed by atoms with Gasteiger partial charge in [0.15, 0.2) is 15.0 Å². The van der Waals surface area contributed by atoms with Crippen molar-refractivity contribution in [2.24, 2.45) is 4.99 Å². The molecule has 6 nitrogen and oxygen atoms in total. The van der Waals surface area contributed by atoms with E-state index in [1.54, 1.807) is 6.07 Å². The summed E-state index contributed by atoms with van der Waals surface area (Å²) in [5.74, 6) is -0.846. The fourth-order valence-corrected chi connectivity index (χ4v) is 7.03. The molecule has 1 saturated heterocycles.